The van der Waals surface area contributed by atoms with Gasteiger partial charge in [0.05, 0.1) is 0 Å². The highest BCUT2D eigenvalue weighted by molar-refractivity contribution is 8.10. The van der Waals surface area contributed by atoms with Crippen molar-refractivity contribution in [2.75, 3.05) is 0 Å². The third-order valence-electron chi connectivity index (χ3n) is 1.06. The van der Waals surface area contributed by atoms with Crippen molar-refractivity contribution >= 4 is 29.2 Å². The topological polar surface area (TPSA) is 29.5 Å². The predicted molar refractivity (Wildman–Crippen MR) is 50.3 cm³/mol. The molecule has 0 unspecified atom stereocenters. The van der Waals surface area contributed by atoms with Crippen molar-refractivity contribution in [3.05, 3.63) is 24.3 Å². The monoisotopic (exact) mass is 186 g/mol. The Kier molecular flexibility index (Phi) is 2.73. The molecule has 11 heavy (non-hydrogen) atoms. The Hall–Kier alpha value is -0.740. The van der Waals surface area contributed by atoms with Gasteiger partial charge >= 0.3 is 0 Å². The lowest BCUT2D eigenvalue weighted by molar-refractivity contribution is 0.440. The van der Waals surface area contributed by atoms with E-state index in [1.54, 1.807) is 18.2 Å². The molecule has 0 aliphatic heterocycles. The van der Waals surface area contributed by atoms with Crippen LogP contribution in [0.2, 0.25) is 0 Å². The highest BCUT2D eigenvalue weighted by atomic mass is 32.1. The molecule has 0 heterocycles. The Morgan fingerprint density at radius 3 is 2.64 bits per heavy atom. The van der Waals surface area contributed by atoms with E-state index in [0.29, 0.717) is 5.75 Å². The van der Waals surface area contributed by atoms with Crippen LogP contribution in [-0.4, -0.2) is 9.49 Å². The maximum atomic E-state index is 9.14. The van der Waals surface area contributed by atoms with Gasteiger partial charge in [0.1, 0.15) is 0 Å². The van der Waals surface area contributed by atoms with E-state index in [4.69, 9.17) is 9.84 Å². The first-order valence-electron chi connectivity index (χ1n) is 2.89. The number of phenolic OH excluding ortho intramolecular Hbond substituents is 1. The molecule has 0 saturated carbocycles. The molecule has 0 bridgehead atoms. The molecular formula is C7H6O2S2. The number of para-hydroxylation sites is 2. The molecule has 0 saturated heterocycles. The zero-order valence-electron chi connectivity index (χ0n) is 5.52. The van der Waals surface area contributed by atoms with Gasteiger partial charge in [0.15, 0.2) is 11.5 Å². The van der Waals surface area contributed by atoms with E-state index < -0.39 is 0 Å². The fourth-order valence-electron chi connectivity index (χ4n) is 0.638. The van der Waals surface area contributed by atoms with Crippen molar-refractivity contribution in [3.63, 3.8) is 0 Å². The molecular weight excluding hydrogens is 180 g/mol. The summed E-state index contributed by atoms with van der Waals surface area (Å²) >= 11 is 8.32. The van der Waals surface area contributed by atoms with E-state index in [0.717, 1.165) is 0 Å². The van der Waals surface area contributed by atoms with Crippen LogP contribution in [0.3, 0.4) is 0 Å². The number of aromatic hydroxyl groups is 1. The van der Waals surface area contributed by atoms with E-state index in [9.17, 15) is 0 Å². The standard InChI is InChI=1S/C7H6O2S2/c8-5-3-1-2-4-6(5)9-7(10)11/h1-4,8H,(H,10,11). The van der Waals surface area contributed by atoms with Crippen molar-refractivity contribution in [2.24, 2.45) is 0 Å². The van der Waals surface area contributed by atoms with E-state index in [2.05, 4.69) is 24.8 Å². The summed E-state index contributed by atoms with van der Waals surface area (Å²) in [5, 5.41) is 9.14. The zero-order valence-corrected chi connectivity index (χ0v) is 7.23. The maximum Gasteiger partial charge on any atom is 0.222 e. The molecule has 58 valence electrons. The first-order chi connectivity index (χ1) is 5.20. The quantitative estimate of drug-likeness (QED) is 0.519. The fraction of sp³-hybridized carbons (Fsp3) is 0. The summed E-state index contributed by atoms with van der Waals surface area (Å²) in [6.45, 7) is 0. The number of rotatable bonds is 1. The van der Waals surface area contributed by atoms with Crippen molar-refractivity contribution in [1.29, 1.82) is 0 Å². The molecule has 4 heteroatoms. The van der Waals surface area contributed by atoms with E-state index in [1.807, 2.05) is 0 Å². The Labute approximate surface area is 75.2 Å². The van der Waals surface area contributed by atoms with Gasteiger partial charge in [-0.25, -0.2) is 0 Å². The van der Waals surface area contributed by atoms with Crippen LogP contribution < -0.4 is 4.74 Å². The van der Waals surface area contributed by atoms with Crippen molar-refractivity contribution < 1.29 is 9.84 Å². The van der Waals surface area contributed by atoms with Gasteiger partial charge in [0, 0.05) is 0 Å². The molecule has 0 radical (unpaired) electrons. The van der Waals surface area contributed by atoms with Crippen LogP contribution in [0.15, 0.2) is 24.3 Å². The van der Waals surface area contributed by atoms with Gasteiger partial charge < -0.3 is 9.84 Å². The number of hydrogen-bond acceptors (Lipinski definition) is 3. The van der Waals surface area contributed by atoms with Gasteiger partial charge in [-0.3, -0.25) is 0 Å². The third kappa shape index (κ3) is 2.40. The lowest BCUT2D eigenvalue weighted by atomic mass is 10.3. The van der Waals surface area contributed by atoms with Crippen LogP contribution in [0.5, 0.6) is 11.5 Å². The maximum absolute atomic E-state index is 9.14. The van der Waals surface area contributed by atoms with Crippen LogP contribution in [0.4, 0.5) is 0 Å². The lowest BCUT2D eigenvalue weighted by Crippen LogP contribution is -1.95. The average Bonchev–Trinajstić information content (AvgIpc) is 1.93. The minimum Gasteiger partial charge on any atom is -0.504 e. The molecule has 1 aromatic carbocycles. The minimum atomic E-state index is 0.0592. The molecule has 0 aliphatic carbocycles. The molecule has 0 spiro atoms. The van der Waals surface area contributed by atoms with Gasteiger partial charge in [-0.1, -0.05) is 24.8 Å². The number of phenols is 1. The smallest absolute Gasteiger partial charge is 0.222 e. The second-order valence-corrected chi connectivity index (χ2v) is 2.92. The van der Waals surface area contributed by atoms with E-state index >= 15 is 0 Å². The highest BCUT2D eigenvalue weighted by Crippen LogP contribution is 2.24. The van der Waals surface area contributed by atoms with Gasteiger partial charge in [-0.2, -0.15) is 0 Å². The first-order valence-corrected chi connectivity index (χ1v) is 3.74. The van der Waals surface area contributed by atoms with Crippen molar-refractivity contribution in [1.82, 2.24) is 0 Å². The summed E-state index contributed by atoms with van der Waals surface area (Å²) in [6, 6.07) is 6.56. The third-order valence-corrected chi connectivity index (χ3v) is 1.24. The molecule has 0 atom stereocenters. The fourth-order valence-corrected chi connectivity index (χ4v) is 0.826. The molecule has 1 aromatic rings. The Balaban J connectivity index is 2.86. The van der Waals surface area contributed by atoms with Gasteiger partial charge in [0.25, 0.3) is 0 Å². The van der Waals surface area contributed by atoms with Gasteiger partial charge in [0.2, 0.25) is 4.38 Å². The number of thiol groups is 1. The average molecular weight is 186 g/mol. The summed E-state index contributed by atoms with van der Waals surface area (Å²) in [5.41, 5.74) is 0. The largest absolute Gasteiger partial charge is 0.504 e. The molecule has 1 N–H and O–H groups in total. The van der Waals surface area contributed by atoms with E-state index in [-0.39, 0.29) is 10.1 Å². The Bertz CT molecular complexity index is 273. The summed E-state index contributed by atoms with van der Waals surface area (Å²) in [5.74, 6) is 0.386. The second-order valence-electron chi connectivity index (χ2n) is 1.84. The van der Waals surface area contributed by atoms with E-state index in [1.165, 1.54) is 6.07 Å². The van der Waals surface area contributed by atoms with Crippen LogP contribution >= 0.6 is 24.8 Å². The van der Waals surface area contributed by atoms with Crippen molar-refractivity contribution in [3.8, 4) is 11.5 Å². The number of thiocarbonyl (C=S) groups is 1. The summed E-state index contributed by atoms with van der Waals surface area (Å²) in [4.78, 5) is 0. The number of benzene rings is 1. The van der Waals surface area contributed by atoms with Crippen molar-refractivity contribution in [2.45, 2.75) is 0 Å². The molecule has 0 aromatic heterocycles. The van der Waals surface area contributed by atoms with Crippen LogP contribution in [0, 0.1) is 0 Å². The SMILES string of the molecule is Oc1ccccc1OC(=S)S. The number of ether oxygens (including phenoxy) is 1. The van der Waals surface area contributed by atoms with Gasteiger partial charge in [-0.15, -0.1) is 0 Å². The molecule has 0 aliphatic rings. The van der Waals surface area contributed by atoms with Crippen LogP contribution in [0.1, 0.15) is 0 Å². The zero-order chi connectivity index (χ0) is 8.27. The van der Waals surface area contributed by atoms with Crippen LogP contribution in [0.25, 0.3) is 0 Å². The van der Waals surface area contributed by atoms with Crippen LogP contribution in [-0.2, 0) is 0 Å². The summed E-state index contributed by atoms with van der Waals surface area (Å²) in [7, 11) is 0. The first kappa shape index (κ1) is 8.36. The highest BCUT2D eigenvalue weighted by Gasteiger charge is 2.00. The Morgan fingerprint density at radius 1 is 1.45 bits per heavy atom. The second kappa shape index (κ2) is 3.59. The summed E-state index contributed by atoms with van der Waals surface area (Å²) in [6.07, 6.45) is 0. The molecule has 0 amide bonds. The molecule has 0 fully saturated rings. The predicted octanol–water partition coefficient (Wildman–Crippen LogP) is 1.99. The van der Waals surface area contributed by atoms with Gasteiger partial charge in [-0.05, 0) is 24.4 Å². The normalized spacial score (nSPS) is 9.18. The minimum absolute atomic E-state index is 0.0592. The lowest BCUT2D eigenvalue weighted by Gasteiger charge is -2.02. The number of hydrogen-bond donors (Lipinski definition) is 2. The summed E-state index contributed by atoms with van der Waals surface area (Å²) < 4.78 is 4.98. The molecule has 1 rings (SSSR count). The molecule has 2 nitrogen and oxygen atoms in total. The Morgan fingerprint density at radius 2 is 2.09 bits per heavy atom.